The van der Waals surface area contributed by atoms with Crippen molar-refractivity contribution in [3.63, 3.8) is 0 Å². The highest BCUT2D eigenvalue weighted by molar-refractivity contribution is 7.91. The maximum absolute atomic E-state index is 13.0. The largest absolute Gasteiger partial charge is 0.323 e. The lowest BCUT2D eigenvalue weighted by molar-refractivity contribution is -0.111. The summed E-state index contributed by atoms with van der Waals surface area (Å²) in [5, 5.41) is 2.61. The first-order valence-electron chi connectivity index (χ1n) is 6.98. The van der Waals surface area contributed by atoms with Crippen LogP contribution in [0.2, 0.25) is 0 Å². The molecule has 0 aliphatic carbocycles. The van der Waals surface area contributed by atoms with Crippen molar-refractivity contribution in [2.75, 3.05) is 11.1 Å². The molecular formula is C17H16FNO3S. The van der Waals surface area contributed by atoms with Crippen LogP contribution in [0.5, 0.6) is 0 Å². The number of nitrogens with one attached hydrogen (secondary N) is 1. The van der Waals surface area contributed by atoms with Gasteiger partial charge in [-0.05, 0) is 48.0 Å². The van der Waals surface area contributed by atoms with E-state index in [0.29, 0.717) is 11.3 Å². The van der Waals surface area contributed by atoms with E-state index in [-0.39, 0.29) is 22.4 Å². The summed E-state index contributed by atoms with van der Waals surface area (Å²) in [6.07, 6.45) is 2.78. The first-order valence-corrected chi connectivity index (χ1v) is 8.63. The van der Waals surface area contributed by atoms with Crippen molar-refractivity contribution in [3.05, 3.63) is 66.0 Å². The van der Waals surface area contributed by atoms with Gasteiger partial charge in [-0.25, -0.2) is 12.8 Å². The van der Waals surface area contributed by atoms with Crippen LogP contribution < -0.4 is 5.32 Å². The lowest BCUT2D eigenvalue weighted by Crippen LogP contribution is -2.08. The Labute approximate surface area is 134 Å². The lowest BCUT2D eigenvalue weighted by Gasteiger charge is -2.04. The summed E-state index contributed by atoms with van der Waals surface area (Å²) in [7, 11) is -3.26. The van der Waals surface area contributed by atoms with Crippen molar-refractivity contribution in [2.45, 2.75) is 11.8 Å². The maximum Gasteiger partial charge on any atom is 0.248 e. The van der Waals surface area contributed by atoms with Crippen LogP contribution in [0.4, 0.5) is 10.1 Å². The molecule has 0 unspecified atom stereocenters. The predicted molar refractivity (Wildman–Crippen MR) is 88.2 cm³/mol. The first kappa shape index (κ1) is 16.9. The Morgan fingerprint density at radius 3 is 2.48 bits per heavy atom. The smallest absolute Gasteiger partial charge is 0.248 e. The molecule has 0 atom stereocenters. The van der Waals surface area contributed by atoms with Crippen LogP contribution in [0.1, 0.15) is 12.5 Å². The van der Waals surface area contributed by atoms with Crippen LogP contribution in [0.25, 0.3) is 6.08 Å². The third-order valence-electron chi connectivity index (χ3n) is 3.14. The molecule has 0 heterocycles. The predicted octanol–water partition coefficient (Wildman–Crippen LogP) is 3.27. The minimum Gasteiger partial charge on any atom is -0.323 e. The highest BCUT2D eigenvalue weighted by Crippen LogP contribution is 2.15. The molecule has 0 fully saturated rings. The van der Waals surface area contributed by atoms with E-state index in [1.807, 2.05) is 0 Å². The van der Waals surface area contributed by atoms with E-state index >= 15 is 0 Å². The van der Waals surface area contributed by atoms with E-state index in [1.54, 1.807) is 19.1 Å². The molecule has 2 aromatic carbocycles. The van der Waals surface area contributed by atoms with Gasteiger partial charge in [0.15, 0.2) is 9.84 Å². The number of benzene rings is 2. The number of carbonyl (C=O) groups is 1. The molecule has 0 bridgehead atoms. The lowest BCUT2D eigenvalue weighted by atomic mass is 10.2. The van der Waals surface area contributed by atoms with E-state index in [1.165, 1.54) is 48.6 Å². The van der Waals surface area contributed by atoms with Crippen molar-refractivity contribution in [3.8, 4) is 0 Å². The van der Waals surface area contributed by atoms with Gasteiger partial charge in [0, 0.05) is 11.8 Å². The molecule has 6 heteroatoms. The topological polar surface area (TPSA) is 63.2 Å². The molecule has 0 saturated carbocycles. The Kier molecular flexibility index (Phi) is 5.28. The fraction of sp³-hybridized carbons (Fsp3) is 0.118. The molecule has 2 rings (SSSR count). The maximum atomic E-state index is 13.0. The average Bonchev–Trinajstić information content (AvgIpc) is 2.53. The van der Waals surface area contributed by atoms with Crippen LogP contribution in [-0.2, 0) is 14.6 Å². The van der Waals surface area contributed by atoms with Gasteiger partial charge < -0.3 is 5.32 Å². The molecule has 0 aromatic heterocycles. The number of hydrogen-bond acceptors (Lipinski definition) is 3. The van der Waals surface area contributed by atoms with Crippen molar-refractivity contribution >= 4 is 27.5 Å². The minimum absolute atomic E-state index is 0.0229. The molecule has 1 N–H and O–H groups in total. The summed E-state index contributed by atoms with van der Waals surface area (Å²) in [6, 6.07) is 11.8. The number of hydrogen-bond donors (Lipinski definition) is 1. The number of rotatable bonds is 5. The van der Waals surface area contributed by atoms with Gasteiger partial charge in [0.05, 0.1) is 10.6 Å². The molecule has 0 aliphatic heterocycles. The molecule has 1 amide bonds. The van der Waals surface area contributed by atoms with E-state index in [0.717, 1.165) is 0 Å². The fourth-order valence-corrected chi connectivity index (χ4v) is 2.76. The SMILES string of the molecule is CCS(=O)(=O)c1ccc(NC(=O)/C=C/c2cccc(F)c2)cc1. The van der Waals surface area contributed by atoms with Gasteiger partial charge in [0.25, 0.3) is 0 Å². The zero-order chi connectivity index (χ0) is 16.9. The zero-order valence-corrected chi connectivity index (χ0v) is 13.3. The Morgan fingerprint density at radius 1 is 1.17 bits per heavy atom. The van der Waals surface area contributed by atoms with E-state index < -0.39 is 9.84 Å². The summed E-state index contributed by atoms with van der Waals surface area (Å²) in [5.41, 5.74) is 1.05. The summed E-state index contributed by atoms with van der Waals surface area (Å²) in [5.74, 6) is -0.740. The van der Waals surface area contributed by atoms with E-state index in [9.17, 15) is 17.6 Å². The molecule has 23 heavy (non-hydrogen) atoms. The number of halogens is 1. The Hall–Kier alpha value is -2.47. The minimum atomic E-state index is -3.26. The fourth-order valence-electron chi connectivity index (χ4n) is 1.88. The standard InChI is InChI=1S/C17H16FNO3S/c1-2-23(21,22)16-9-7-15(8-10-16)19-17(20)11-6-13-4-3-5-14(18)12-13/h3-12H,2H2,1H3,(H,19,20)/b11-6+. The summed E-state index contributed by atoms with van der Waals surface area (Å²) >= 11 is 0. The molecule has 0 spiro atoms. The second-order valence-electron chi connectivity index (χ2n) is 4.81. The van der Waals surface area contributed by atoms with Crippen LogP contribution in [-0.4, -0.2) is 20.1 Å². The van der Waals surface area contributed by atoms with Crippen LogP contribution in [0, 0.1) is 5.82 Å². The van der Waals surface area contributed by atoms with Gasteiger partial charge in [0.1, 0.15) is 5.82 Å². The van der Waals surface area contributed by atoms with Crippen molar-refractivity contribution in [1.29, 1.82) is 0 Å². The van der Waals surface area contributed by atoms with Crippen LogP contribution in [0.3, 0.4) is 0 Å². The van der Waals surface area contributed by atoms with Gasteiger partial charge in [-0.3, -0.25) is 4.79 Å². The van der Waals surface area contributed by atoms with Crippen LogP contribution >= 0.6 is 0 Å². The summed E-state index contributed by atoms with van der Waals surface area (Å²) in [6.45, 7) is 1.57. The third-order valence-corrected chi connectivity index (χ3v) is 4.89. The average molecular weight is 333 g/mol. The third kappa shape index (κ3) is 4.75. The van der Waals surface area contributed by atoms with Gasteiger partial charge >= 0.3 is 0 Å². The number of sulfone groups is 1. The number of carbonyl (C=O) groups excluding carboxylic acids is 1. The van der Waals surface area contributed by atoms with Crippen molar-refractivity contribution in [1.82, 2.24) is 0 Å². The molecule has 0 aliphatic rings. The molecule has 0 radical (unpaired) electrons. The van der Waals surface area contributed by atoms with Crippen molar-refractivity contribution in [2.24, 2.45) is 0 Å². The van der Waals surface area contributed by atoms with Crippen LogP contribution in [0.15, 0.2) is 59.5 Å². The normalized spacial score (nSPS) is 11.6. The van der Waals surface area contributed by atoms with Gasteiger partial charge in [-0.1, -0.05) is 19.1 Å². The zero-order valence-electron chi connectivity index (χ0n) is 12.5. The highest BCUT2D eigenvalue weighted by Gasteiger charge is 2.10. The Balaban J connectivity index is 2.03. The molecule has 4 nitrogen and oxygen atoms in total. The van der Waals surface area contributed by atoms with Gasteiger partial charge in [-0.2, -0.15) is 0 Å². The number of anilines is 1. The first-order chi connectivity index (χ1) is 10.9. The van der Waals surface area contributed by atoms with Gasteiger partial charge in [-0.15, -0.1) is 0 Å². The summed E-state index contributed by atoms with van der Waals surface area (Å²) < 4.78 is 36.4. The second kappa shape index (κ2) is 7.19. The summed E-state index contributed by atoms with van der Waals surface area (Å²) in [4.78, 5) is 12.0. The quantitative estimate of drug-likeness (QED) is 0.854. The van der Waals surface area contributed by atoms with Crippen molar-refractivity contribution < 1.29 is 17.6 Å². The Bertz CT molecular complexity index is 827. The van der Waals surface area contributed by atoms with E-state index in [2.05, 4.69) is 5.32 Å². The van der Waals surface area contributed by atoms with Gasteiger partial charge in [0.2, 0.25) is 5.91 Å². The monoisotopic (exact) mass is 333 g/mol. The molecule has 2 aromatic rings. The van der Waals surface area contributed by atoms with E-state index in [4.69, 9.17) is 0 Å². The highest BCUT2D eigenvalue weighted by atomic mass is 32.2. The second-order valence-corrected chi connectivity index (χ2v) is 7.08. The molecule has 120 valence electrons. The molecular weight excluding hydrogens is 317 g/mol. The Morgan fingerprint density at radius 2 is 1.87 bits per heavy atom. The number of amides is 1. The molecule has 0 saturated heterocycles.